The molecule has 1 aromatic rings. The van der Waals surface area contributed by atoms with Crippen LogP contribution in [0, 0.1) is 15.4 Å². The topological polar surface area (TPSA) is 41.0 Å². The molecule has 2 saturated heterocycles. The Morgan fingerprint density at radius 2 is 2.18 bits per heavy atom. The van der Waals surface area contributed by atoms with Crippen molar-refractivity contribution in [2.24, 2.45) is 11.8 Å². The van der Waals surface area contributed by atoms with Gasteiger partial charge in [0.2, 0.25) is 5.95 Å². The lowest BCUT2D eigenvalue weighted by Gasteiger charge is -2.26. The van der Waals surface area contributed by atoms with Gasteiger partial charge < -0.3 is 10.2 Å². The SMILES string of the molecule is CCC1C2CNCC2CN1c1ncc(I)cn1. The number of halogens is 1. The smallest absolute Gasteiger partial charge is 0.225 e. The zero-order chi connectivity index (χ0) is 11.8. The van der Waals surface area contributed by atoms with E-state index in [1.165, 1.54) is 6.42 Å². The van der Waals surface area contributed by atoms with Crippen LogP contribution in [0.5, 0.6) is 0 Å². The van der Waals surface area contributed by atoms with Crippen molar-refractivity contribution in [3.8, 4) is 0 Å². The number of aromatic nitrogens is 2. The second-order valence-corrected chi connectivity index (χ2v) is 6.16. The lowest BCUT2D eigenvalue weighted by Crippen LogP contribution is -2.36. The van der Waals surface area contributed by atoms with E-state index in [2.05, 4.69) is 49.7 Å². The standard InChI is InChI=1S/C12H17IN4/c1-2-11-10-6-14-3-8(10)7-17(11)12-15-4-9(13)5-16-12/h4-5,8,10-11,14H,2-3,6-7H2,1H3. The molecule has 1 N–H and O–H groups in total. The van der Waals surface area contributed by atoms with Crippen LogP contribution in [0.15, 0.2) is 12.4 Å². The van der Waals surface area contributed by atoms with Crippen LogP contribution in [0.1, 0.15) is 13.3 Å². The van der Waals surface area contributed by atoms with Crippen LogP contribution in [0.3, 0.4) is 0 Å². The second kappa shape index (κ2) is 4.68. The number of hydrogen-bond donors (Lipinski definition) is 1. The first-order chi connectivity index (χ1) is 8.29. The zero-order valence-corrected chi connectivity index (χ0v) is 12.1. The first-order valence-corrected chi connectivity index (χ1v) is 7.32. The Kier molecular flexibility index (Phi) is 3.21. The van der Waals surface area contributed by atoms with E-state index < -0.39 is 0 Å². The van der Waals surface area contributed by atoms with Crippen LogP contribution < -0.4 is 10.2 Å². The summed E-state index contributed by atoms with van der Waals surface area (Å²) in [5.41, 5.74) is 0. The lowest BCUT2D eigenvalue weighted by atomic mass is 9.93. The van der Waals surface area contributed by atoms with Crippen LogP contribution in [0.2, 0.25) is 0 Å². The quantitative estimate of drug-likeness (QED) is 0.826. The van der Waals surface area contributed by atoms with E-state index in [0.29, 0.717) is 6.04 Å². The van der Waals surface area contributed by atoms with Gasteiger partial charge in [0.25, 0.3) is 0 Å². The molecule has 4 nitrogen and oxygen atoms in total. The van der Waals surface area contributed by atoms with Gasteiger partial charge in [-0.2, -0.15) is 0 Å². The number of hydrogen-bond acceptors (Lipinski definition) is 4. The van der Waals surface area contributed by atoms with Crippen molar-refractivity contribution in [3.63, 3.8) is 0 Å². The molecule has 3 unspecified atom stereocenters. The summed E-state index contributed by atoms with van der Waals surface area (Å²) in [4.78, 5) is 11.4. The summed E-state index contributed by atoms with van der Waals surface area (Å²) in [6, 6.07) is 0.607. The van der Waals surface area contributed by atoms with Crippen LogP contribution in [0.4, 0.5) is 5.95 Å². The zero-order valence-electron chi connectivity index (χ0n) is 9.93. The molecule has 0 radical (unpaired) electrons. The molecule has 92 valence electrons. The van der Waals surface area contributed by atoms with Gasteiger partial charge in [-0.15, -0.1) is 0 Å². The number of fused-ring (bicyclic) bond motifs is 1. The molecule has 0 spiro atoms. The van der Waals surface area contributed by atoms with E-state index >= 15 is 0 Å². The third-order valence-corrected chi connectivity index (χ3v) is 4.56. The third kappa shape index (κ3) is 2.03. The molecule has 2 aliphatic heterocycles. The van der Waals surface area contributed by atoms with E-state index in [-0.39, 0.29) is 0 Å². The summed E-state index contributed by atoms with van der Waals surface area (Å²) >= 11 is 2.25. The average molecular weight is 344 g/mol. The number of nitrogens with zero attached hydrogens (tertiary/aromatic N) is 3. The van der Waals surface area contributed by atoms with Gasteiger partial charge in [-0.05, 0) is 40.8 Å². The second-order valence-electron chi connectivity index (χ2n) is 4.91. The van der Waals surface area contributed by atoms with E-state index in [9.17, 15) is 0 Å². The van der Waals surface area contributed by atoms with Crippen molar-refractivity contribution in [1.29, 1.82) is 0 Å². The molecule has 0 amide bonds. The maximum atomic E-state index is 4.47. The number of rotatable bonds is 2. The first kappa shape index (κ1) is 11.6. The van der Waals surface area contributed by atoms with Gasteiger partial charge in [-0.3, -0.25) is 0 Å². The van der Waals surface area contributed by atoms with Crippen LogP contribution >= 0.6 is 22.6 Å². The first-order valence-electron chi connectivity index (χ1n) is 6.24. The Morgan fingerprint density at radius 1 is 1.41 bits per heavy atom. The molecule has 0 bridgehead atoms. The minimum Gasteiger partial charge on any atom is -0.337 e. The van der Waals surface area contributed by atoms with E-state index in [0.717, 1.165) is 41.0 Å². The van der Waals surface area contributed by atoms with Crippen molar-refractivity contribution in [3.05, 3.63) is 16.0 Å². The third-order valence-electron chi connectivity index (χ3n) is 4.00. The Balaban J connectivity index is 1.85. The predicted molar refractivity (Wildman–Crippen MR) is 76.0 cm³/mol. The largest absolute Gasteiger partial charge is 0.337 e. The molecule has 2 fully saturated rings. The molecular formula is C12H17IN4. The van der Waals surface area contributed by atoms with E-state index in [4.69, 9.17) is 0 Å². The fourth-order valence-corrected chi connectivity index (χ4v) is 3.51. The Bertz CT molecular complexity index is 394. The maximum absolute atomic E-state index is 4.47. The normalized spacial score (nSPS) is 31.9. The summed E-state index contributed by atoms with van der Waals surface area (Å²) in [7, 11) is 0. The molecule has 3 heterocycles. The molecule has 5 heteroatoms. The molecule has 3 rings (SSSR count). The molecule has 0 aliphatic carbocycles. The number of nitrogens with one attached hydrogen (secondary N) is 1. The van der Waals surface area contributed by atoms with Gasteiger partial charge in [0.1, 0.15) is 0 Å². The Hall–Kier alpha value is -0.430. The lowest BCUT2D eigenvalue weighted by molar-refractivity contribution is 0.440. The molecule has 3 atom stereocenters. The van der Waals surface area contributed by atoms with Gasteiger partial charge in [0.15, 0.2) is 0 Å². The predicted octanol–water partition coefficient (Wildman–Crippen LogP) is 1.52. The highest BCUT2D eigenvalue weighted by Gasteiger charge is 2.44. The highest BCUT2D eigenvalue weighted by molar-refractivity contribution is 14.1. The van der Waals surface area contributed by atoms with Crippen molar-refractivity contribution in [2.75, 3.05) is 24.5 Å². The van der Waals surface area contributed by atoms with Crippen molar-refractivity contribution in [1.82, 2.24) is 15.3 Å². The maximum Gasteiger partial charge on any atom is 0.225 e. The Labute approximate surface area is 115 Å². The fraction of sp³-hybridized carbons (Fsp3) is 0.667. The summed E-state index contributed by atoms with van der Waals surface area (Å²) < 4.78 is 1.10. The van der Waals surface area contributed by atoms with Crippen molar-refractivity contribution in [2.45, 2.75) is 19.4 Å². The summed E-state index contributed by atoms with van der Waals surface area (Å²) in [5.74, 6) is 2.47. The van der Waals surface area contributed by atoms with Crippen LogP contribution in [-0.2, 0) is 0 Å². The highest BCUT2D eigenvalue weighted by Crippen LogP contribution is 2.35. The van der Waals surface area contributed by atoms with Gasteiger partial charge in [-0.25, -0.2) is 9.97 Å². The summed E-state index contributed by atoms with van der Waals surface area (Å²) in [6.45, 7) is 5.69. The molecule has 1 aromatic heterocycles. The fourth-order valence-electron chi connectivity index (χ4n) is 3.23. The molecule has 17 heavy (non-hydrogen) atoms. The van der Waals surface area contributed by atoms with Crippen LogP contribution in [0.25, 0.3) is 0 Å². The van der Waals surface area contributed by atoms with E-state index in [1.54, 1.807) is 0 Å². The Morgan fingerprint density at radius 3 is 2.88 bits per heavy atom. The molecule has 0 saturated carbocycles. The van der Waals surface area contributed by atoms with Crippen molar-refractivity contribution >= 4 is 28.5 Å². The molecular weight excluding hydrogens is 327 g/mol. The number of anilines is 1. The summed E-state index contributed by atoms with van der Waals surface area (Å²) in [6.07, 6.45) is 4.99. The summed E-state index contributed by atoms with van der Waals surface area (Å²) in [5, 5.41) is 3.50. The van der Waals surface area contributed by atoms with Gasteiger partial charge in [0.05, 0.1) is 0 Å². The molecule has 2 aliphatic rings. The van der Waals surface area contributed by atoms with Gasteiger partial charge >= 0.3 is 0 Å². The monoisotopic (exact) mass is 344 g/mol. The minimum atomic E-state index is 0.607. The minimum absolute atomic E-state index is 0.607. The average Bonchev–Trinajstić information content (AvgIpc) is 2.89. The van der Waals surface area contributed by atoms with Gasteiger partial charge in [-0.1, -0.05) is 6.92 Å². The molecule has 0 aromatic carbocycles. The van der Waals surface area contributed by atoms with Crippen molar-refractivity contribution < 1.29 is 0 Å². The highest BCUT2D eigenvalue weighted by atomic mass is 127. The van der Waals surface area contributed by atoms with E-state index in [1.807, 2.05) is 12.4 Å². The van der Waals surface area contributed by atoms with Crippen LogP contribution in [-0.4, -0.2) is 35.6 Å². The van der Waals surface area contributed by atoms with Gasteiger partial charge in [0, 0.05) is 41.6 Å².